The lowest BCUT2D eigenvalue weighted by Crippen LogP contribution is -2.09. The molecule has 1 N–H and O–H groups in total. The minimum absolute atomic E-state index is 0.0751. The van der Waals surface area contributed by atoms with E-state index in [0.717, 1.165) is 6.07 Å². The Morgan fingerprint density at radius 2 is 2.24 bits per heavy atom. The Bertz CT molecular complexity index is 485. The summed E-state index contributed by atoms with van der Waals surface area (Å²) in [5.74, 6) is -1.57. The first-order chi connectivity index (χ1) is 7.95. The lowest BCUT2D eigenvalue weighted by atomic mass is 10.0. The van der Waals surface area contributed by atoms with Crippen molar-refractivity contribution in [2.75, 3.05) is 0 Å². The van der Waals surface area contributed by atoms with Crippen LogP contribution in [0, 0.1) is 11.3 Å². The van der Waals surface area contributed by atoms with E-state index in [1.807, 2.05) is 0 Å². The molecule has 0 aliphatic rings. The summed E-state index contributed by atoms with van der Waals surface area (Å²) in [6, 6.07) is 4.17. The fourth-order valence-corrected chi connectivity index (χ4v) is 1.53. The second kappa shape index (κ2) is 5.50. The predicted octanol–water partition coefficient (Wildman–Crippen LogP) is 2.08. The number of nitriles is 1. The van der Waals surface area contributed by atoms with E-state index >= 15 is 0 Å². The molecule has 7 heteroatoms. The first-order valence-electron chi connectivity index (χ1n) is 4.37. The van der Waals surface area contributed by atoms with Crippen LogP contribution in [0.15, 0.2) is 17.0 Å². The van der Waals surface area contributed by atoms with Crippen molar-refractivity contribution in [2.45, 2.75) is 17.9 Å². The van der Waals surface area contributed by atoms with E-state index in [-0.39, 0.29) is 21.8 Å². The molecular formula is C10H7F2NO3S. The van der Waals surface area contributed by atoms with Crippen LogP contribution in [0.5, 0.6) is 5.75 Å². The van der Waals surface area contributed by atoms with Crippen LogP contribution in [-0.4, -0.2) is 17.7 Å². The normalized spacial score (nSPS) is 10.1. The maximum Gasteiger partial charge on any atom is 0.387 e. The molecule has 0 bridgehead atoms. The Kier molecular flexibility index (Phi) is 4.29. The highest BCUT2D eigenvalue weighted by Gasteiger charge is 2.18. The lowest BCUT2D eigenvalue weighted by molar-refractivity contribution is -0.136. The molecule has 0 aliphatic heterocycles. The van der Waals surface area contributed by atoms with Gasteiger partial charge in [0.1, 0.15) is 11.8 Å². The van der Waals surface area contributed by atoms with Gasteiger partial charge in [-0.1, -0.05) is 0 Å². The molecule has 0 radical (unpaired) electrons. The number of nitrogens with zero attached hydrogens (tertiary/aromatic N) is 1. The standard InChI is InChI=1S/C10H7F2NO3S/c11-10(12)16-7-1-2-8(17)6(4-13)5(7)3-9(14)15/h1-2,10,17H,3H2,(H,14,15). The number of rotatable bonds is 4. The number of hydrogen-bond donors (Lipinski definition) is 2. The molecule has 0 atom stereocenters. The molecule has 0 fully saturated rings. The first kappa shape index (κ1) is 13.3. The Balaban J connectivity index is 3.30. The predicted molar refractivity (Wildman–Crippen MR) is 56.4 cm³/mol. The zero-order valence-corrected chi connectivity index (χ0v) is 9.25. The van der Waals surface area contributed by atoms with Crippen molar-refractivity contribution < 1.29 is 23.4 Å². The summed E-state index contributed by atoms with van der Waals surface area (Å²) in [7, 11) is 0. The van der Waals surface area contributed by atoms with Gasteiger partial charge in [-0.15, -0.1) is 12.6 Å². The van der Waals surface area contributed by atoms with Gasteiger partial charge in [-0.05, 0) is 12.1 Å². The molecule has 1 aromatic rings. The Morgan fingerprint density at radius 3 is 2.71 bits per heavy atom. The van der Waals surface area contributed by atoms with Crippen LogP contribution in [0.4, 0.5) is 8.78 Å². The largest absolute Gasteiger partial charge is 0.481 e. The molecule has 0 aromatic heterocycles. The summed E-state index contributed by atoms with van der Waals surface area (Å²) in [6.45, 7) is -3.08. The van der Waals surface area contributed by atoms with E-state index in [1.54, 1.807) is 6.07 Å². The molecular weight excluding hydrogens is 252 g/mol. The van der Waals surface area contributed by atoms with Crippen molar-refractivity contribution in [2.24, 2.45) is 0 Å². The third kappa shape index (κ3) is 3.32. The number of alkyl halides is 2. The van der Waals surface area contributed by atoms with Gasteiger partial charge in [0, 0.05) is 10.5 Å². The van der Waals surface area contributed by atoms with E-state index in [1.165, 1.54) is 6.07 Å². The summed E-state index contributed by atoms with van der Waals surface area (Å²) in [6.07, 6.45) is -0.584. The number of aliphatic carboxylic acids is 1. The summed E-state index contributed by atoms with van der Waals surface area (Å²) < 4.78 is 28.4. The van der Waals surface area contributed by atoms with Gasteiger partial charge in [-0.2, -0.15) is 14.0 Å². The number of carbonyl (C=O) groups is 1. The van der Waals surface area contributed by atoms with E-state index in [4.69, 9.17) is 10.4 Å². The van der Waals surface area contributed by atoms with Gasteiger partial charge >= 0.3 is 12.6 Å². The Hall–Kier alpha value is -1.81. The van der Waals surface area contributed by atoms with Gasteiger partial charge < -0.3 is 9.84 Å². The smallest absolute Gasteiger partial charge is 0.387 e. The fraction of sp³-hybridized carbons (Fsp3) is 0.200. The molecule has 0 saturated carbocycles. The van der Waals surface area contributed by atoms with Crippen molar-refractivity contribution in [3.63, 3.8) is 0 Å². The van der Waals surface area contributed by atoms with Crippen molar-refractivity contribution in [1.29, 1.82) is 5.26 Å². The number of hydrogen-bond acceptors (Lipinski definition) is 4. The molecule has 0 unspecified atom stereocenters. The summed E-state index contributed by atoms with van der Waals surface area (Å²) in [4.78, 5) is 10.8. The maximum absolute atomic E-state index is 12.1. The monoisotopic (exact) mass is 259 g/mol. The molecule has 17 heavy (non-hydrogen) atoms. The third-order valence-corrected chi connectivity index (χ3v) is 2.28. The summed E-state index contributed by atoms with van der Waals surface area (Å²) in [5.41, 5.74) is -0.179. The number of carboxylic acid groups (broad SMARTS) is 1. The van der Waals surface area contributed by atoms with E-state index in [2.05, 4.69) is 17.4 Å². The lowest BCUT2D eigenvalue weighted by Gasteiger charge is -2.11. The zero-order valence-electron chi connectivity index (χ0n) is 8.35. The molecule has 0 heterocycles. The van der Waals surface area contributed by atoms with Gasteiger partial charge in [0.05, 0.1) is 12.0 Å². The minimum Gasteiger partial charge on any atom is -0.481 e. The van der Waals surface area contributed by atoms with Gasteiger partial charge in [0.25, 0.3) is 0 Å². The van der Waals surface area contributed by atoms with Crippen LogP contribution in [0.25, 0.3) is 0 Å². The number of benzene rings is 1. The maximum atomic E-state index is 12.1. The molecule has 0 saturated heterocycles. The number of halogens is 2. The van der Waals surface area contributed by atoms with Crippen LogP contribution >= 0.6 is 12.6 Å². The molecule has 0 spiro atoms. The van der Waals surface area contributed by atoms with E-state index < -0.39 is 19.0 Å². The van der Waals surface area contributed by atoms with E-state index in [9.17, 15) is 13.6 Å². The van der Waals surface area contributed by atoms with Gasteiger partial charge in [0.15, 0.2) is 0 Å². The topological polar surface area (TPSA) is 70.3 Å². The molecule has 0 aliphatic carbocycles. The SMILES string of the molecule is N#Cc1c(S)ccc(OC(F)F)c1CC(=O)O. The number of carboxylic acids is 1. The average molecular weight is 259 g/mol. The van der Waals surface area contributed by atoms with Crippen molar-refractivity contribution in [3.8, 4) is 11.8 Å². The Labute approximate surface area is 101 Å². The molecule has 1 aromatic carbocycles. The van der Waals surface area contributed by atoms with E-state index in [0.29, 0.717) is 0 Å². The van der Waals surface area contributed by atoms with Crippen LogP contribution < -0.4 is 4.74 Å². The average Bonchev–Trinajstić information content (AvgIpc) is 2.21. The summed E-state index contributed by atoms with van der Waals surface area (Å²) in [5, 5.41) is 17.5. The summed E-state index contributed by atoms with van der Waals surface area (Å²) >= 11 is 3.95. The Morgan fingerprint density at radius 1 is 1.59 bits per heavy atom. The quantitative estimate of drug-likeness (QED) is 0.812. The van der Waals surface area contributed by atoms with Crippen molar-refractivity contribution in [3.05, 3.63) is 23.3 Å². The molecule has 0 amide bonds. The highest BCUT2D eigenvalue weighted by atomic mass is 32.1. The van der Waals surface area contributed by atoms with Gasteiger partial charge in [-0.25, -0.2) is 0 Å². The highest BCUT2D eigenvalue weighted by Crippen LogP contribution is 2.29. The second-order valence-electron chi connectivity index (χ2n) is 3.00. The van der Waals surface area contributed by atoms with Crippen LogP contribution in [0.3, 0.4) is 0 Å². The number of ether oxygens (including phenoxy) is 1. The first-order valence-corrected chi connectivity index (χ1v) is 4.82. The van der Waals surface area contributed by atoms with Crippen molar-refractivity contribution in [1.82, 2.24) is 0 Å². The van der Waals surface area contributed by atoms with Gasteiger partial charge in [-0.3, -0.25) is 4.79 Å². The van der Waals surface area contributed by atoms with Crippen molar-refractivity contribution >= 4 is 18.6 Å². The zero-order chi connectivity index (χ0) is 13.0. The second-order valence-corrected chi connectivity index (χ2v) is 3.48. The molecule has 90 valence electrons. The molecule has 1 rings (SSSR count). The third-order valence-electron chi connectivity index (χ3n) is 1.90. The van der Waals surface area contributed by atoms with Crippen LogP contribution in [0.2, 0.25) is 0 Å². The van der Waals surface area contributed by atoms with Gasteiger partial charge in [0.2, 0.25) is 0 Å². The fourth-order valence-electron chi connectivity index (χ4n) is 1.27. The molecule has 4 nitrogen and oxygen atoms in total. The van der Waals surface area contributed by atoms with Crippen LogP contribution in [0.1, 0.15) is 11.1 Å². The van der Waals surface area contributed by atoms with Crippen LogP contribution in [-0.2, 0) is 11.2 Å². The highest BCUT2D eigenvalue weighted by molar-refractivity contribution is 7.80. The number of thiol groups is 1. The minimum atomic E-state index is -3.08.